The molecule has 2 aliphatic carbocycles. The van der Waals surface area contributed by atoms with Gasteiger partial charge in [-0.15, -0.1) is 0 Å². The van der Waals surface area contributed by atoms with E-state index in [0.29, 0.717) is 11.3 Å². The van der Waals surface area contributed by atoms with E-state index in [1.54, 1.807) is 0 Å². The molecule has 0 aromatic heterocycles. The number of hydrogen-bond donors (Lipinski definition) is 1. The molecule has 0 bridgehead atoms. The molecule has 0 unspecified atom stereocenters. The van der Waals surface area contributed by atoms with E-state index in [2.05, 4.69) is 20.8 Å². The second-order valence-electron chi connectivity index (χ2n) is 6.52. The zero-order valence-corrected chi connectivity index (χ0v) is 11.2. The van der Waals surface area contributed by atoms with Crippen molar-refractivity contribution in [2.24, 2.45) is 23.2 Å². The molecule has 0 aliphatic heterocycles. The Labute approximate surface area is 101 Å². The normalized spacial score (nSPS) is 45.4. The standard InChI is InChI=1S/C15H28O/c1-4-6-11(2)12-8-9-13-14(16)7-5-10-15(12,13)3/h11-14,16H,4-10H2,1-3H3/t11-,12+,13-,14-,15+/m0/s1. The van der Waals surface area contributed by atoms with Crippen molar-refractivity contribution >= 4 is 0 Å². The van der Waals surface area contributed by atoms with Crippen molar-refractivity contribution < 1.29 is 5.11 Å². The van der Waals surface area contributed by atoms with Gasteiger partial charge < -0.3 is 5.11 Å². The second-order valence-corrected chi connectivity index (χ2v) is 6.52. The van der Waals surface area contributed by atoms with Crippen LogP contribution in [0.1, 0.15) is 65.7 Å². The van der Waals surface area contributed by atoms with Crippen molar-refractivity contribution in [2.75, 3.05) is 0 Å². The first kappa shape index (κ1) is 12.4. The Bertz CT molecular complexity index is 238. The third kappa shape index (κ3) is 1.92. The highest BCUT2D eigenvalue weighted by atomic mass is 16.3. The zero-order chi connectivity index (χ0) is 11.8. The van der Waals surface area contributed by atoms with Crippen molar-refractivity contribution in [3.63, 3.8) is 0 Å². The van der Waals surface area contributed by atoms with E-state index in [4.69, 9.17) is 0 Å². The van der Waals surface area contributed by atoms with Gasteiger partial charge >= 0.3 is 0 Å². The van der Waals surface area contributed by atoms with Gasteiger partial charge in [-0.05, 0) is 48.9 Å². The summed E-state index contributed by atoms with van der Waals surface area (Å²) in [6.45, 7) is 7.19. The van der Waals surface area contributed by atoms with Gasteiger partial charge in [-0.25, -0.2) is 0 Å². The molecule has 2 fully saturated rings. The van der Waals surface area contributed by atoms with E-state index in [9.17, 15) is 5.11 Å². The van der Waals surface area contributed by atoms with Crippen LogP contribution < -0.4 is 0 Å². The molecule has 0 saturated heterocycles. The molecule has 5 atom stereocenters. The summed E-state index contributed by atoms with van der Waals surface area (Å²) in [5.74, 6) is 2.32. The van der Waals surface area contributed by atoms with Gasteiger partial charge in [0, 0.05) is 0 Å². The van der Waals surface area contributed by atoms with Crippen LogP contribution in [0.5, 0.6) is 0 Å². The summed E-state index contributed by atoms with van der Waals surface area (Å²) in [7, 11) is 0. The van der Waals surface area contributed by atoms with E-state index in [1.807, 2.05) is 0 Å². The van der Waals surface area contributed by atoms with Gasteiger partial charge in [-0.2, -0.15) is 0 Å². The molecule has 0 aromatic carbocycles. The maximum atomic E-state index is 10.2. The van der Waals surface area contributed by atoms with Gasteiger partial charge in [0.05, 0.1) is 6.10 Å². The maximum absolute atomic E-state index is 10.2. The number of aliphatic hydroxyl groups is 1. The van der Waals surface area contributed by atoms with E-state index < -0.39 is 0 Å². The van der Waals surface area contributed by atoms with Gasteiger partial charge in [0.1, 0.15) is 0 Å². The molecule has 0 aromatic rings. The first-order valence-corrected chi connectivity index (χ1v) is 7.27. The average molecular weight is 224 g/mol. The third-order valence-corrected chi connectivity index (χ3v) is 5.59. The lowest BCUT2D eigenvalue weighted by molar-refractivity contribution is -0.0276. The monoisotopic (exact) mass is 224 g/mol. The Kier molecular flexibility index (Phi) is 3.63. The van der Waals surface area contributed by atoms with E-state index >= 15 is 0 Å². The highest BCUT2D eigenvalue weighted by Gasteiger charge is 2.51. The summed E-state index contributed by atoms with van der Waals surface area (Å²) in [6, 6.07) is 0. The van der Waals surface area contributed by atoms with Gasteiger partial charge in [0.15, 0.2) is 0 Å². The summed E-state index contributed by atoms with van der Waals surface area (Å²) < 4.78 is 0. The van der Waals surface area contributed by atoms with Crippen molar-refractivity contribution in [1.29, 1.82) is 0 Å². The summed E-state index contributed by atoms with van der Waals surface area (Å²) >= 11 is 0. The molecule has 0 spiro atoms. The highest BCUT2D eigenvalue weighted by molar-refractivity contribution is 5.01. The van der Waals surface area contributed by atoms with Crippen molar-refractivity contribution in [3.8, 4) is 0 Å². The molecule has 2 aliphatic rings. The quantitative estimate of drug-likeness (QED) is 0.768. The molecule has 1 nitrogen and oxygen atoms in total. The van der Waals surface area contributed by atoms with Crippen LogP contribution in [0.2, 0.25) is 0 Å². The minimum Gasteiger partial charge on any atom is -0.393 e. The van der Waals surface area contributed by atoms with E-state index in [0.717, 1.165) is 18.3 Å². The third-order valence-electron chi connectivity index (χ3n) is 5.59. The van der Waals surface area contributed by atoms with Gasteiger partial charge in [-0.3, -0.25) is 0 Å². The van der Waals surface area contributed by atoms with Crippen LogP contribution in [0.25, 0.3) is 0 Å². The molecule has 0 amide bonds. The Morgan fingerprint density at radius 1 is 1.31 bits per heavy atom. The Hall–Kier alpha value is -0.0400. The minimum absolute atomic E-state index is 0.00224. The summed E-state index contributed by atoms with van der Waals surface area (Å²) in [6.07, 6.45) is 8.95. The first-order chi connectivity index (χ1) is 7.59. The Morgan fingerprint density at radius 2 is 2.06 bits per heavy atom. The van der Waals surface area contributed by atoms with Crippen LogP contribution in [0.15, 0.2) is 0 Å². The molecule has 0 radical (unpaired) electrons. The SMILES string of the molecule is CCC[C@H](C)[C@H]1CC[C@H]2[C@@H](O)CCC[C@]12C. The molecule has 2 rings (SSSR count). The first-order valence-electron chi connectivity index (χ1n) is 7.27. The van der Waals surface area contributed by atoms with Crippen LogP contribution in [0.3, 0.4) is 0 Å². The molecule has 16 heavy (non-hydrogen) atoms. The minimum atomic E-state index is -0.00224. The van der Waals surface area contributed by atoms with Crippen molar-refractivity contribution in [3.05, 3.63) is 0 Å². The van der Waals surface area contributed by atoms with Crippen molar-refractivity contribution in [1.82, 2.24) is 0 Å². The zero-order valence-electron chi connectivity index (χ0n) is 11.2. The molecule has 1 N–H and O–H groups in total. The highest BCUT2D eigenvalue weighted by Crippen LogP contribution is 2.58. The Morgan fingerprint density at radius 3 is 2.75 bits per heavy atom. The van der Waals surface area contributed by atoms with E-state index in [-0.39, 0.29) is 6.10 Å². The number of aliphatic hydroxyl groups excluding tert-OH is 1. The molecule has 1 heteroatoms. The topological polar surface area (TPSA) is 20.2 Å². The lowest BCUT2D eigenvalue weighted by Crippen LogP contribution is -2.41. The van der Waals surface area contributed by atoms with Crippen LogP contribution in [-0.4, -0.2) is 11.2 Å². The van der Waals surface area contributed by atoms with E-state index in [1.165, 1.54) is 38.5 Å². The molecule has 94 valence electrons. The smallest absolute Gasteiger partial charge is 0.0573 e. The number of hydrogen-bond acceptors (Lipinski definition) is 1. The molecular weight excluding hydrogens is 196 g/mol. The molecular formula is C15H28O. The van der Waals surface area contributed by atoms with Crippen LogP contribution >= 0.6 is 0 Å². The van der Waals surface area contributed by atoms with Crippen LogP contribution in [-0.2, 0) is 0 Å². The number of rotatable bonds is 3. The maximum Gasteiger partial charge on any atom is 0.0573 e. The van der Waals surface area contributed by atoms with Gasteiger partial charge in [0.25, 0.3) is 0 Å². The van der Waals surface area contributed by atoms with Crippen molar-refractivity contribution in [2.45, 2.75) is 71.8 Å². The van der Waals surface area contributed by atoms with Crippen LogP contribution in [0, 0.1) is 23.2 Å². The largest absolute Gasteiger partial charge is 0.393 e. The van der Waals surface area contributed by atoms with Crippen LogP contribution in [0.4, 0.5) is 0 Å². The van der Waals surface area contributed by atoms with Gasteiger partial charge in [0.2, 0.25) is 0 Å². The summed E-state index contributed by atoms with van der Waals surface area (Å²) in [5.41, 5.74) is 0.451. The fraction of sp³-hybridized carbons (Fsp3) is 1.00. The molecule has 2 saturated carbocycles. The summed E-state index contributed by atoms with van der Waals surface area (Å²) in [5, 5.41) is 10.2. The lowest BCUT2D eigenvalue weighted by Gasteiger charge is -2.45. The van der Waals surface area contributed by atoms with Gasteiger partial charge in [-0.1, -0.05) is 40.0 Å². The fourth-order valence-corrected chi connectivity index (χ4v) is 4.78. The predicted octanol–water partition coefficient (Wildman–Crippen LogP) is 4.00. The Balaban J connectivity index is 2.11. The second kappa shape index (κ2) is 4.68. The molecule has 0 heterocycles. The number of fused-ring (bicyclic) bond motifs is 1. The average Bonchev–Trinajstić information content (AvgIpc) is 2.57. The summed E-state index contributed by atoms with van der Waals surface area (Å²) in [4.78, 5) is 0. The lowest BCUT2D eigenvalue weighted by atomic mass is 9.61. The predicted molar refractivity (Wildman–Crippen MR) is 68.3 cm³/mol. The fourth-order valence-electron chi connectivity index (χ4n) is 4.78.